The molecule has 2 rings (SSSR count). The fourth-order valence-corrected chi connectivity index (χ4v) is 2.33. The van der Waals surface area contributed by atoms with Crippen molar-refractivity contribution < 1.29 is 9.21 Å². The highest BCUT2D eigenvalue weighted by Gasteiger charge is 2.07. The third-order valence-corrected chi connectivity index (χ3v) is 3.62. The number of hydrogen-bond acceptors (Lipinski definition) is 3. The largest absolute Gasteiger partial charge is 0.459 e. The summed E-state index contributed by atoms with van der Waals surface area (Å²) in [6.07, 6.45) is 2.48. The number of hydrogen-bond donors (Lipinski definition) is 3. The monoisotopic (exact) mass is 456 g/mol. The topological polar surface area (TPSA) is 78.7 Å². The molecule has 0 bridgehead atoms. The predicted octanol–water partition coefficient (Wildman–Crippen LogP) is 2.56. The summed E-state index contributed by atoms with van der Waals surface area (Å²) in [4.78, 5) is 15.9. The van der Waals surface area contributed by atoms with Crippen LogP contribution in [0.25, 0.3) is 0 Å². The number of furan rings is 1. The number of amides is 1. The first-order valence-electron chi connectivity index (χ1n) is 8.07. The van der Waals surface area contributed by atoms with E-state index in [4.69, 9.17) is 4.42 Å². The van der Waals surface area contributed by atoms with Gasteiger partial charge >= 0.3 is 0 Å². The van der Waals surface area contributed by atoms with Crippen molar-refractivity contribution in [2.45, 2.75) is 19.9 Å². The van der Waals surface area contributed by atoms with Crippen LogP contribution in [0, 0.1) is 0 Å². The first kappa shape index (κ1) is 21.0. The van der Waals surface area contributed by atoms with Crippen LogP contribution in [-0.4, -0.2) is 32.0 Å². The zero-order valence-electron chi connectivity index (χ0n) is 14.5. The van der Waals surface area contributed by atoms with Crippen LogP contribution >= 0.6 is 24.0 Å². The Morgan fingerprint density at radius 2 is 1.76 bits per heavy atom. The molecule has 2 aromatic rings. The van der Waals surface area contributed by atoms with E-state index >= 15 is 0 Å². The maximum absolute atomic E-state index is 11.7. The molecule has 7 heteroatoms. The van der Waals surface area contributed by atoms with Crippen molar-refractivity contribution in [2.24, 2.45) is 4.99 Å². The highest BCUT2D eigenvalue weighted by Crippen LogP contribution is 2.08. The molecule has 0 radical (unpaired) electrons. The first-order chi connectivity index (χ1) is 11.7. The van der Waals surface area contributed by atoms with E-state index in [9.17, 15) is 4.79 Å². The molecule has 1 heterocycles. The summed E-state index contributed by atoms with van der Waals surface area (Å²) in [7, 11) is 1.72. The molecular weight excluding hydrogens is 431 g/mol. The minimum Gasteiger partial charge on any atom is -0.459 e. The smallest absolute Gasteiger partial charge is 0.287 e. The van der Waals surface area contributed by atoms with Gasteiger partial charge in [-0.05, 0) is 29.7 Å². The van der Waals surface area contributed by atoms with Crippen molar-refractivity contribution in [1.82, 2.24) is 16.0 Å². The van der Waals surface area contributed by atoms with E-state index in [-0.39, 0.29) is 29.9 Å². The van der Waals surface area contributed by atoms with Gasteiger partial charge in [-0.1, -0.05) is 31.2 Å². The maximum atomic E-state index is 11.7. The molecule has 1 aromatic heterocycles. The molecule has 0 spiro atoms. The Morgan fingerprint density at radius 3 is 2.40 bits per heavy atom. The lowest BCUT2D eigenvalue weighted by Crippen LogP contribution is -2.41. The number of carbonyl (C=O) groups excluding carboxylic acids is 1. The van der Waals surface area contributed by atoms with Gasteiger partial charge in [0.1, 0.15) is 0 Å². The second-order valence-corrected chi connectivity index (χ2v) is 5.21. The standard InChI is InChI=1S/C18H24N4O2.HI/c1-3-14-7-4-5-8-15(14)13-22-18(19-2)21-11-10-20-17(23)16-9-6-12-24-16;/h4-9,12H,3,10-11,13H2,1-2H3,(H,20,23)(H2,19,21,22);1H. The number of aliphatic imine (C=N–C) groups is 1. The summed E-state index contributed by atoms with van der Waals surface area (Å²) in [6.45, 7) is 3.91. The first-order valence-corrected chi connectivity index (χ1v) is 8.07. The van der Waals surface area contributed by atoms with Gasteiger partial charge in [0.2, 0.25) is 0 Å². The Hall–Kier alpha value is -2.03. The van der Waals surface area contributed by atoms with Crippen molar-refractivity contribution in [1.29, 1.82) is 0 Å². The van der Waals surface area contributed by atoms with Crippen molar-refractivity contribution in [3.05, 3.63) is 59.5 Å². The third kappa shape index (κ3) is 6.77. The van der Waals surface area contributed by atoms with Gasteiger partial charge in [0.25, 0.3) is 5.91 Å². The number of nitrogens with zero attached hydrogens (tertiary/aromatic N) is 1. The second-order valence-electron chi connectivity index (χ2n) is 5.21. The number of carbonyl (C=O) groups is 1. The van der Waals surface area contributed by atoms with Gasteiger partial charge in [-0.2, -0.15) is 0 Å². The lowest BCUT2D eigenvalue weighted by atomic mass is 10.1. The van der Waals surface area contributed by atoms with Gasteiger partial charge in [-0.25, -0.2) is 0 Å². The van der Waals surface area contributed by atoms with Gasteiger partial charge < -0.3 is 20.4 Å². The molecule has 25 heavy (non-hydrogen) atoms. The summed E-state index contributed by atoms with van der Waals surface area (Å²) >= 11 is 0. The van der Waals surface area contributed by atoms with Crippen LogP contribution in [-0.2, 0) is 13.0 Å². The SMILES string of the molecule is CCc1ccccc1CNC(=NC)NCCNC(=O)c1ccco1.I. The van der Waals surface area contributed by atoms with Crippen LogP contribution in [0.1, 0.15) is 28.6 Å². The van der Waals surface area contributed by atoms with Crippen LogP contribution < -0.4 is 16.0 Å². The van der Waals surface area contributed by atoms with Crippen LogP contribution in [0.5, 0.6) is 0 Å². The fourth-order valence-electron chi connectivity index (χ4n) is 2.33. The van der Waals surface area contributed by atoms with E-state index in [0.717, 1.165) is 6.42 Å². The Labute approximate surface area is 165 Å². The number of nitrogens with one attached hydrogen (secondary N) is 3. The lowest BCUT2D eigenvalue weighted by molar-refractivity contribution is 0.0926. The third-order valence-electron chi connectivity index (χ3n) is 3.62. The van der Waals surface area contributed by atoms with Gasteiger partial charge in [0, 0.05) is 26.7 Å². The van der Waals surface area contributed by atoms with Gasteiger partial charge in [0.15, 0.2) is 11.7 Å². The van der Waals surface area contributed by atoms with Crippen molar-refractivity contribution in [2.75, 3.05) is 20.1 Å². The average molecular weight is 456 g/mol. The summed E-state index contributed by atoms with van der Waals surface area (Å²) in [6, 6.07) is 11.7. The summed E-state index contributed by atoms with van der Waals surface area (Å²) < 4.78 is 5.04. The molecule has 0 atom stereocenters. The zero-order chi connectivity index (χ0) is 17.2. The highest BCUT2D eigenvalue weighted by atomic mass is 127. The average Bonchev–Trinajstić information content (AvgIpc) is 3.16. The molecule has 0 aliphatic heterocycles. The Balaban J connectivity index is 0.00000312. The molecule has 0 saturated heterocycles. The number of halogens is 1. The van der Waals surface area contributed by atoms with E-state index in [2.05, 4.69) is 46.1 Å². The Bertz CT molecular complexity index is 671. The van der Waals surface area contributed by atoms with Crippen LogP contribution in [0.3, 0.4) is 0 Å². The molecule has 0 aliphatic rings. The van der Waals surface area contributed by atoms with Crippen molar-refractivity contribution >= 4 is 35.8 Å². The molecule has 0 saturated carbocycles. The Kier molecular flexibility index (Phi) is 9.68. The minimum atomic E-state index is -0.221. The normalized spacial score (nSPS) is 10.7. The fraction of sp³-hybridized carbons (Fsp3) is 0.333. The van der Waals surface area contributed by atoms with Gasteiger partial charge in [-0.3, -0.25) is 9.79 Å². The quantitative estimate of drug-likeness (QED) is 0.259. The number of benzene rings is 1. The van der Waals surface area contributed by atoms with Crippen molar-refractivity contribution in [3.8, 4) is 0 Å². The molecular formula is C18H25IN4O2. The summed E-state index contributed by atoms with van der Waals surface area (Å²) in [5.41, 5.74) is 2.58. The zero-order valence-corrected chi connectivity index (χ0v) is 16.9. The van der Waals surface area contributed by atoms with E-state index in [1.165, 1.54) is 17.4 Å². The highest BCUT2D eigenvalue weighted by molar-refractivity contribution is 14.0. The molecule has 0 aliphatic carbocycles. The van der Waals surface area contributed by atoms with E-state index < -0.39 is 0 Å². The van der Waals surface area contributed by atoms with Gasteiger partial charge in [0.05, 0.1) is 6.26 Å². The molecule has 0 unspecified atom stereocenters. The molecule has 6 nitrogen and oxygen atoms in total. The number of rotatable bonds is 7. The van der Waals surface area contributed by atoms with E-state index in [1.54, 1.807) is 19.2 Å². The number of aryl methyl sites for hydroxylation is 1. The Morgan fingerprint density at radius 1 is 1.04 bits per heavy atom. The summed E-state index contributed by atoms with van der Waals surface area (Å²) in [5.74, 6) is 0.795. The van der Waals surface area contributed by atoms with E-state index in [1.807, 2.05) is 6.07 Å². The van der Waals surface area contributed by atoms with Crippen LogP contribution in [0.15, 0.2) is 52.1 Å². The predicted molar refractivity (Wildman–Crippen MR) is 110 cm³/mol. The van der Waals surface area contributed by atoms with Crippen LogP contribution in [0.4, 0.5) is 0 Å². The number of guanidine groups is 1. The van der Waals surface area contributed by atoms with Crippen LogP contribution in [0.2, 0.25) is 0 Å². The molecule has 1 aromatic carbocycles. The maximum Gasteiger partial charge on any atom is 0.287 e. The molecule has 1 amide bonds. The van der Waals surface area contributed by atoms with Crippen molar-refractivity contribution in [3.63, 3.8) is 0 Å². The van der Waals surface area contributed by atoms with Gasteiger partial charge in [-0.15, -0.1) is 24.0 Å². The minimum absolute atomic E-state index is 0. The second kappa shape index (κ2) is 11.5. The van der Waals surface area contributed by atoms with E-state index in [0.29, 0.717) is 31.4 Å². The lowest BCUT2D eigenvalue weighted by Gasteiger charge is -2.14. The summed E-state index contributed by atoms with van der Waals surface area (Å²) in [5, 5.41) is 9.23. The molecule has 136 valence electrons. The molecule has 0 fully saturated rings. The molecule has 3 N–H and O–H groups in total.